The summed E-state index contributed by atoms with van der Waals surface area (Å²) in [4.78, 5) is 24.2. The van der Waals surface area contributed by atoms with E-state index in [-0.39, 0.29) is 6.61 Å². The Bertz CT molecular complexity index is 910. The van der Waals surface area contributed by atoms with E-state index >= 15 is 0 Å². The Labute approximate surface area is 165 Å². The molecule has 2 rings (SSSR count). The molecule has 0 saturated heterocycles. The number of ketones is 1. The number of hydrogen-bond acceptors (Lipinski definition) is 6. The van der Waals surface area contributed by atoms with Crippen molar-refractivity contribution in [3.63, 3.8) is 0 Å². The summed E-state index contributed by atoms with van der Waals surface area (Å²) in [6, 6.07) is 12.8. The summed E-state index contributed by atoms with van der Waals surface area (Å²) in [5.41, 5.74) is 0.629. The zero-order valence-corrected chi connectivity index (χ0v) is 17.0. The number of rotatable bonds is 8. The number of anilines is 1. The van der Waals surface area contributed by atoms with Gasteiger partial charge in [0.25, 0.3) is 0 Å². The van der Waals surface area contributed by atoms with Crippen molar-refractivity contribution in [2.75, 3.05) is 17.6 Å². The molecule has 0 aliphatic rings. The van der Waals surface area contributed by atoms with Crippen LogP contribution in [-0.4, -0.2) is 39.1 Å². The second-order valence-corrected chi connectivity index (χ2v) is 8.35. The van der Waals surface area contributed by atoms with Crippen LogP contribution in [-0.2, 0) is 19.6 Å². The molecule has 144 valence electrons. The number of ether oxygens (including phenoxy) is 2. The number of benzene rings is 2. The molecule has 0 aliphatic heterocycles. The smallest absolute Gasteiger partial charge is 0.344 e. The van der Waals surface area contributed by atoms with Gasteiger partial charge in [-0.3, -0.25) is 9.52 Å². The van der Waals surface area contributed by atoms with Gasteiger partial charge >= 0.3 is 5.97 Å². The lowest BCUT2D eigenvalue weighted by molar-refractivity contribution is -0.148. The molecule has 0 spiro atoms. The van der Waals surface area contributed by atoms with Crippen molar-refractivity contribution >= 4 is 43.4 Å². The number of hydrogen-bond donors (Lipinski definition) is 1. The zero-order valence-electron chi connectivity index (χ0n) is 14.6. The number of carbonyl (C=O) groups is 2. The minimum atomic E-state index is -3.39. The predicted octanol–water partition coefficient (Wildman–Crippen LogP) is 3.01. The van der Waals surface area contributed by atoms with Crippen LogP contribution in [0, 0.1) is 0 Å². The number of carbonyl (C=O) groups excluding carboxylic acids is 2. The third-order valence-electron chi connectivity index (χ3n) is 3.32. The molecule has 9 heteroatoms. The van der Waals surface area contributed by atoms with Crippen LogP contribution in [0.15, 0.2) is 53.0 Å². The lowest BCUT2D eigenvalue weighted by atomic mass is 10.1. The van der Waals surface area contributed by atoms with Gasteiger partial charge < -0.3 is 9.47 Å². The highest BCUT2D eigenvalue weighted by Crippen LogP contribution is 2.16. The molecule has 0 bridgehead atoms. The van der Waals surface area contributed by atoms with Gasteiger partial charge in [-0.25, -0.2) is 13.2 Å². The molecule has 1 unspecified atom stereocenters. The van der Waals surface area contributed by atoms with Crippen LogP contribution >= 0.6 is 15.9 Å². The molecular weight excluding hydrogens is 438 g/mol. The van der Waals surface area contributed by atoms with Crippen LogP contribution in [0.4, 0.5) is 5.69 Å². The van der Waals surface area contributed by atoms with Crippen LogP contribution in [0.2, 0.25) is 0 Å². The van der Waals surface area contributed by atoms with Crippen molar-refractivity contribution in [1.29, 1.82) is 0 Å². The molecule has 1 N–H and O–H groups in total. The van der Waals surface area contributed by atoms with Crippen molar-refractivity contribution in [1.82, 2.24) is 0 Å². The first-order valence-electron chi connectivity index (χ1n) is 7.84. The number of Topliss-reactive ketones (excluding diaryl/α,β-unsaturated/α-hetero) is 1. The maximum atomic E-state index is 12.3. The van der Waals surface area contributed by atoms with E-state index in [1.165, 1.54) is 31.2 Å². The highest BCUT2D eigenvalue weighted by Gasteiger charge is 2.20. The maximum Gasteiger partial charge on any atom is 0.344 e. The number of sulfonamides is 1. The third-order valence-corrected chi connectivity index (χ3v) is 4.46. The molecule has 0 amide bonds. The highest BCUT2D eigenvalue weighted by atomic mass is 79.9. The van der Waals surface area contributed by atoms with E-state index in [2.05, 4.69) is 20.7 Å². The van der Waals surface area contributed by atoms with Crippen LogP contribution < -0.4 is 9.46 Å². The van der Waals surface area contributed by atoms with Crippen molar-refractivity contribution in [3.05, 3.63) is 58.6 Å². The largest absolute Gasteiger partial charge is 0.482 e. The Balaban J connectivity index is 1.88. The summed E-state index contributed by atoms with van der Waals surface area (Å²) in [5.74, 6) is -0.574. The van der Waals surface area contributed by atoms with E-state index in [4.69, 9.17) is 9.47 Å². The van der Waals surface area contributed by atoms with Gasteiger partial charge in [0.05, 0.1) is 6.26 Å². The van der Waals surface area contributed by atoms with E-state index < -0.39 is 27.9 Å². The lowest BCUT2D eigenvalue weighted by Gasteiger charge is -2.13. The number of halogens is 1. The first-order chi connectivity index (χ1) is 12.6. The van der Waals surface area contributed by atoms with E-state index in [1.54, 1.807) is 24.3 Å². The maximum absolute atomic E-state index is 12.3. The van der Waals surface area contributed by atoms with Gasteiger partial charge in [0.15, 0.2) is 12.7 Å². The monoisotopic (exact) mass is 455 g/mol. The standard InChI is InChI=1S/C18H18BrNO6S/c1-12(26-17(21)11-25-16-9-5-14(19)6-10-16)18(22)13-3-7-15(8-4-13)20-27(2,23)24/h3-10,12,20H,11H2,1-2H3. The Morgan fingerprint density at radius 3 is 2.22 bits per heavy atom. The molecule has 0 heterocycles. The van der Waals surface area contributed by atoms with Gasteiger partial charge in [-0.05, 0) is 55.5 Å². The molecule has 27 heavy (non-hydrogen) atoms. The highest BCUT2D eigenvalue weighted by molar-refractivity contribution is 9.10. The topological polar surface area (TPSA) is 98.8 Å². The first-order valence-corrected chi connectivity index (χ1v) is 10.5. The van der Waals surface area contributed by atoms with Gasteiger partial charge in [-0.15, -0.1) is 0 Å². The van der Waals surface area contributed by atoms with Crippen LogP contribution in [0.25, 0.3) is 0 Å². The Hall–Kier alpha value is -2.39. The molecule has 0 radical (unpaired) electrons. The van der Waals surface area contributed by atoms with E-state index in [1.807, 2.05) is 0 Å². The second-order valence-electron chi connectivity index (χ2n) is 5.69. The van der Waals surface area contributed by atoms with Crippen LogP contribution in [0.3, 0.4) is 0 Å². The summed E-state index contributed by atoms with van der Waals surface area (Å²) in [6.07, 6.45) is 0.0314. The Kier molecular flexibility index (Phi) is 6.98. The SMILES string of the molecule is CC(OC(=O)COc1ccc(Br)cc1)C(=O)c1ccc(NS(C)(=O)=O)cc1. The summed E-state index contributed by atoms with van der Waals surface area (Å²) in [6.45, 7) is 1.14. The fraction of sp³-hybridized carbons (Fsp3) is 0.222. The summed E-state index contributed by atoms with van der Waals surface area (Å²) in [7, 11) is -3.39. The van der Waals surface area contributed by atoms with Gasteiger partial charge in [0.1, 0.15) is 5.75 Å². The van der Waals surface area contributed by atoms with E-state index in [9.17, 15) is 18.0 Å². The van der Waals surface area contributed by atoms with Gasteiger partial charge in [0, 0.05) is 15.7 Å². The normalized spacial score (nSPS) is 12.1. The molecule has 2 aromatic rings. The first kappa shape index (κ1) is 20.9. The van der Waals surface area contributed by atoms with Gasteiger partial charge in [-0.2, -0.15) is 0 Å². The lowest BCUT2D eigenvalue weighted by Crippen LogP contribution is -2.27. The van der Waals surface area contributed by atoms with Crippen molar-refractivity contribution < 1.29 is 27.5 Å². The number of esters is 1. The summed E-state index contributed by atoms with van der Waals surface area (Å²) < 4.78 is 35.9. The minimum absolute atomic E-state index is 0.295. The molecule has 0 saturated carbocycles. The molecule has 0 aromatic heterocycles. The molecule has 7 nitrogen and oxygen atoms in total. The van der Waals surface area contributed by atoms with Crippen molar-refractivity contribution in [3.8, 4) is 5.75 Å². The Morgan fingerprint density at radius 2 is 1.67 bits per heavy atom. The fourth-order valence-electron chi connectivity index (χ4n) is 2.11. The Morgan fingerprint density at radius 1 is 1.07 bits per heavy atom. The predicted molar refractivity (Wildman–Crippen MR) is 104 cm³/mol. The molecule has 0 aliphatic carbocycles. The average molecular weight is 456 g/mol. The van der Waals surface area contributed by atoms with Crippen LogP contribution in [0.5, 0.6) is 5.75 Å². The number of nitrogens with one attached hydrogen (secondary N) is 1. The summed E-state index contributed by atoms with van der Waals surface area (Å²) in [5, 5.41) is 0. The summed E-state index contributed by atoms with van der Waals surface area (Å²) >= 11 is 3.30. The van der Waals surface area contributed by atoms with Crippen LogP contribution in [0.1, 0.15) is 17.3 Å². The average Bonchev–Trinajstić information content (AvgIpc) is 2.60. The van der Waals surface area contributed by atoms with E-state index in [0.717, 1.165) is 10.7 Å². The van der Waals surface area contributed by atoms with Crippen molar-refractivity contribution in [2.45, 2.75) is 13.0 Å². The third kappa shape index (κ3) is 7.03. The van der Waals surface area contributed by atoms with Gasteiger partial charge in [0.2, 0.25) is 15.8 Å². The zero-order chi connectivity index (χ0) is 20.0. The molecule has 0 fully saturated rings. The van der Waals surface area contributed by atoms with E-state index in [0.29, 0.717) is 17.0 Å². The second kappa shape index (κ2) is 9.01. The molecule has 1 atom stereocenters. The molecular formula is C18H18BrNO6S. The van der Waals surface area contributed by atoms with Gasteiger partial charge in [-0.1, -0.05) is 15.9 Å². The minimum Gasteiger partial charge on any atom is -0.482 e. The fourth-order valence-corrected chi connectivity index (χ4v) is 2.94. The van der Waals surface area contributed by atoms with Crippen molar-refractivity contribution in [2.24, 2.45) is 0 Å². The molecule has 2 aromatic carbocycles. The quantitative estimate of drug-likeness (QED) is 0.485.